The molecule has 150 valence electrons. The molecule has 0 radical (unpaired) electrons. The zero-order chi connectivity index (χ0) is 20.2. The third-order valence-corrected chi connectivity index (χ3v) is 5.20. The maximum absolute atomic E-state index is 12.6. The van der Waals surface area contributed by atoms with Crippen molar-refractivity contribution >= 4 is 11.8 Å². The van der Waals surface area contributed by atoms with E-state index in [4.69, 9.17) is 0 Å². The first-order chi connectivity index (χ1) is 13.3. The lowest BCUT2D eigenvalue weighted by atomic mass is 9.81. The van der Waals surface area contributed by atoms with E-state index in [0.717, 1.165) is 37.8 Å². The fraction of sp³-hybridized carbons (Fsp3) is 0.550. The quantitative estimate of drug-likeness (QED) is 0.732. The van der Waals surface area contributed by atoms with Crippen molar-refractivity contribution in [3.8, 4) is 0 Å². The molecule has 1 fully saturated rings. The average Bonchev–Trinajstić information content (AvgIpc) is 3.18. The Morgan fingerprint density at radius 1 is 1.14 bits per heavy atom. The molecule has 1 aliphatic rings. The highest BCUT2D eigenvalue weighted by Gasteiger charge is 2.35. The van der Waals surface area contributed by atoms with E-state index in [2.05, 4.69) is 51.8 Å². The molecule has 8 heteroatoms. The van der Waals surface area contributed by atoms with Crippen molar-refractivity contribution in [2.75, 3.05) is 6.54 Å². The predicted octanol–water partition coefficient (Wildman–Crippen LogP) is 2.36. The van der Waals surface area contributed by atoms with Gasteiger partial charge in [-0.1, -0.05) is 40.0 Å². The Morgan fingerprint density at radius 3 is 2.50 bits per heavy atom. The van der Waals surface area contributed by atoms with Gasteiger partial charge >= 0.3 is 0 Å². The van der Waals surface area contributed by atoms with Gasteiger partial charge in [0.1, 0.15) is 5.69 Å². The predicted molar refractivity (Wildman–Crippen MR) is 105 cm³/mol. The molecular weight excluding hydrogens is 356 g/mol. The summed E-state index contributed by atoms with van der Waals surface area (Å²) in [5.41, 5.74) is 0.949. The van der Waals surface area contributed by atoms with Crippen LogP contribution >= 0.6 is 0 Å². The maximum Gasteiger partial charge on any atom is 0.272 e. The highest BCUT2D eigenvalue weighted by molar-refractivity contribution is 5.93. The molecule has 8 nitrogen and oxygen atoms in total. The Morgan fingerprint density at radius 2 is 1.89 bits per heavy atom. The minimum Gasteiger partial charge on any atom is -0.348 e. The highest BCUT2D eigenvalue weighted by Crippen LogP contribution is 2.28. The molecule has 28 heavy (non-hydrogen) atoms. The van der Waals surface area contributed by atoms with Crippen molar-refractivity contribution in [3.63, 3.8) is 0 Å². The molecule has 2 heterocycles. The Kier molecular flexibility index (Phi) is 5.76. The molecule has 2 amide bonds. The van der Waals surface area contributed by atoms with E-state index in [1.54, 1.807) is 18.2 Å². The maximum atomic E-state index is 12.6. The van der Waals surface area contributed by atoms with Crippen LogP contribution in [-0.2, 0) is 5.41 Å². The zero-order valence-corrected chi connectivity index (χ0v) is 16.7. The van der Waals surface area contributed by atoms with Gasteiger partial charge in [-0.3, -0.25) is 14.7 Å². The first kappa shape index (κ1) is 20.0. The third-order valence-electron chi connectivity index (χ3n) is 5.20. The average molecular weight is 384 g/mol. The Balaban J connectivity index is 1.68. The number of aromatic amines is 1. The third kappa shape index (κ3) is 4.74. The van der Waals surface area contributed by atoms with Gasteiger partial charge in [0.05, 0.1) is 5.54 Å². The molecular formula is C20H28N6O2. The molecule has 0 atom stereocenters. The molecule has 0 aromatic carbocycles. The van der Waals surface area contributed by atoms with E-state index in [9.17, 15) is 9.59 Å². The van der Waals surface area contributed by atoms with E-state index < -0.39 is 5.54 Å². The number of amides is 2. The molecule has 0 spiro atoms. The minimum absolute atomic E-state index is 0.110. The van der Waals surface area contributed by atoms with E-state index >= 15 is 0 Å². The second-order valence-corrected chi connectivity index (χ2v) is 8.50. The summed E-state index contributed by atoms with van der Waals surface area (Å²) < 4.78 is 0. The van der Waals surface area contributed by atoms with Crippen LogP contribution in [0.3, 0.4) is 0 Å². The number of nitrogens with one attached hydrogen (secondary N) is 3. The van der Waals surface area contributed by atoms with Crippen molar-refractivity contribution in [1.29, 1.82) is 0 Å². The lowest BCUT2D eigenvalue weighted by Gasteiger charge is -2.38. The monoisotopic (exact) mass is 384 g/mol. The van der Waals surface area contributed by atoms with Crippen LogP contribution in [-0.4, -0.2) is 44.3 Å². The number of aromatic nitrogens is 4. The Bertz CT molecular complexity index is 819. The topological polar surface area (TPSA) is 113 Å². The number of nitrogens with zero attached hydrogens (tertiary/aromatic N) is 3. The standard InChI is InChI=1S/C20H28N6O2/c1-19(2,3)16-12-15(25-26-16)17(27)21-13-20(9-5-4-6-10-20)23-18(28)14-8-7-11-22-24-14/h7-8,11-12H,4-6,9-10,13H2,1-3H3,(H,21,27)(H,23,28)(H,25,26). The number of rotatable bonds is 5. The SMILES string of the molecule is CC(C)(C)c1cc(C(=O)NCC2(NC(=O)c3cccnn3)CCCCC2)n[nH]1. The van der Waals surface area contributed by atoms with Crippen LogP contribution in [0.1, 0.15) is 79.5 Å². The zero-order valence-electron chi connectivity index (χ0n) is 16.7. The molecule has 3 rings (SSSR count). The van der Waals surface area contributed by atoms with Crippen LogP contribution in [0.15, 0.2) is 24.4 Å². The fourth-order valence-electron chi connectivity index (χ4n) is 3.46. The fourth-order valence-corrected chi connectivity index (χ4v) is 3.46. The summed E-state index contributed by atoms with van der Waals surface area (Å²) in [6.45, 7) is 6.53. The molecule has 3 N–H and O–H groups in total. The van der Waals surface area contributed by atoms with Gasteiger partial charge in [0.2, 0.25) is 0 Å². The molecule has 2 aromatic rings. The van der Waals surface area contributed by atoms with Crippen LogP contribution in [0.5, 0.6) is 0 Å². The van der Waals surface area contributed by atoms with Crippen LogP contribution in [0.4, 0.5) is 0 Å². The Labute approximate surface area is 164 Å². The van der Waals surface area contributed by atoms with E-state index in [-0.39, 0.29) is 22.9 Å². The summed E-state index contributed by atoms with van der Waals surface area (Å²) in [6.07, 6.45) is 6.30. The van der Waals surface area contributed by atoms with Crippen molar-refractivity contribution in [2.45, 2.75) is 63.8 Å². The first-order valence-electron chi connectivity index (χ1n) is 9.73. The molecule has 2 aromatic heterocycles. The highest BCUT2D eigenvalue weighted by atomic mass is 16.2. The van der Waals surface area contributed by atoms with Crippen molar-refractivity contribution in [1.82, 2.24) is 31.0 Å². The molecule has 0 unspecified atom stereocenters. The molecule has 0 saturated heterocycles. The van der Waals surface area contributed by atoms with Crippen molar-refractivity contribution < 1.29 is 9.59 Å². The van der Waals surface area contributed by atoms with Gasteiger partial charge in [-0.2, -0.15) is 10.2 Å². The number of hydrogen-bond acceptors (Lipinski definition) is 5. The van der Waals surface area contributed by atoms with Gasteiger partial charge in [-0.15, -0.1) is 5.10 Å². The second-order valence-electron chi connectivity index (χ2n) is 8.50. The van der Waals surface area contributed by atoms with Crippen LogP contribution in [0.2, 0.25) is 0 Å². The van der Waals surface area contributed by atoms with Gasteiger partial charge in [0.25, 0.3) is 11.8 Å². The van der Waals surface area contributed by atoms with Gasteiger partial charge in [-0.05, 0) is 31.0 Å². The number of carbonyl (C=O) groups is 2. The largest absolute Gasteiger partial charge is 0.348 e. The first-order valence-corrected chi connectivity index (χ1v) is 9.73. The van der Waals surface area contributed by atoms with E-state index in [1.807, 2.05) is 0 Å². The summed E-state index contributed by atoms with van der Waals surface area (Å²) in [7, 11) is 0. The van der Waals surface area contributed by atoms with Gasteiger partial charge in [0, 0.05) is 23.9 Å². The van der Waals surface area contributed by atoms with Crippen LogP contribution in [0, 0.1) is 0 Å². The van der Waals surface area contributed by atoms with Gasteiger partial charge in [-0.25, -0.2) is 0 Å². The summed E-state index contributed by atoms with van der Waals surface area (Å²) in [4.78, 5) is 25.2. The summed E-state index contributed by atoms with van der Waals surface area (Å²) in [6, 6.07) is 5.10. The lowest BCUT2D eigenvalue weighted by Crippen LogP contribution is -2.56. The van der Waals surface area contributed by atoms with Gasteiger partial charge < -0.3 is 10.6 Å². The van der Waals surface area contributed by atoms with E-state index in [1.165, 1.54) is 6.20 Å². The van der Waals surface area contributed by atoms with Crippen molar-refractivity contribution in [3.05, 3.63) is 41.5 Å². The number of carbonyl (C=O) groups excluding carboxylic acids is 2. The normalized spacial score (nSPS) is 16.4. The Hall–Kier alpha value is -2.77. The minimum atomic E-state index is -0.480. The summed E-state index contributed by atoms with van der Waals surface area (Å²) in [5, 5.41) is 20.8. The smallest absolute Gasteiger partial charge is 0.272 e. The number of H-pyrrole nitrogens is 1. The summed E-state index contributed by atoms with van der Waals surface area (Å²) in [5.74, 6) is -0.510. The molecule has 1 aliphatic carbocycles. The van der Waals surface area contributed by atoms with Crippen LogP contribution < -0.4 is 10.6 Å². The van der Waals surface area contributed by atoms with E-state index in [0.29, 0.717) is 12.2 Å². The lowest BCUT2D eigenvalue weighted by molar-refractivity contribution is 0.0827. The second kappa shape index (κ2) is 8.08. The molecule has 0 bridgehead atoms. The van der Waals surface area contributed by atoms with Crippen molar-refractivity contribution in [2.24, 2.45) is 0 Å². The number of hydrogen-bond donors (Lipinski definition) is 3. The summed E-state index contributed by atoms with van der Waals surface area (Å²) >= 11 is 0. The molecule has 0 aliphatic heterocycles. The van der Waals surface area contributed by atoms with Crippen LogP contribution in [0.25, 0.3) is 0 Å². The van der Waals surface area contributed by atoms with Gasteiger partial charge in [0.15, 0.2) is 5.69 Å². The molecule has 1 saturated carbocycles.